The van der Waals surface area contributed by atoms with Crippen LogP contribution in [0.25, 0.3) is 16.9 Å². The number of carbonyl (C=O) groups excluding carboxylic acids is 1. The van der Waals surface area contributed by atoms with Crippen molar-refractivity contribution in [2.45, 2.75) is 38.8 Å². The van der Waals surface area contributed by atoms with Crippen molar-refractivity contribution in [3.05, 3.63) is 53.4 Å². The maximum atomic E-state index is 13.3. The number of hydrogen-bond donors (Lipinski definition) is 1. The minimum Gasteiger partial charge on any atom is -0.434 e. The number of carbonyl (C=O) groups is 1. The fraction of sp³-hybridized carbons (Fsp3) is 0.385. The number of halogens is 3. The number of rotatable bonds is 9. The van der Waals surface area contributed by atoms with Crippen LogP contribution in [-0.4, -0.2) is 69.7 Å². The van der Waals surface area contributed by atoms with Gasteiger partial charge in [0.1, 0.15) is 22.0 Å². The first-order chi connectivity index (χ1) is 18.8. The van der Waals surface area contributed by atoms with E-state index in [1.807, 2.05) is 0 Å². The van der Waals surface area contributed by atoms with Crippen molar-refractivity contribution in [1.29, 1.82) is 0 Å². The topological polar surface area (TPSA) is 87.9 Å². The molecule has 0 spiro atoms. The van der Waals surface area contributed by atoms with Crippen LogP contribution in [0.5, 0.6) is 5.75 Å². The smallest absolute Gasteiger partial charge is 0.387 e. The molecule has 1 aliphatic heterocycles. The van der Waals surface area contributed by atoms with Gasteiger partial charge >= 0.3 is 6.61 Å². The summed E-state index contributed by atoms with van der Waals surface area (Å²) < 4.78 is 32.8. The van der Waals surface area contributed by atoms with E-state index in [0.29, 0.717) is 32.5 Å². The highest BCUT2D eigenvalue weighted by Gasteiger charge is 2.28. The molecule has 4 aromatic rings. The van der Waals surface area contributed by atoms with Gasteiger partial charge in [-0.1, -0.05) is 29.9 Å². The summed E-state index contributed by atoms with van der Waals surface area (Å²) in [6.45, 7) is 1.75. The molecule has 1 amide bonds. The van der Waals surface area contributed by atoms with E-state index in [4.69, 9.17) is 21.3 Å². The van der Waals surface area contributed by atoms with Crippen LogP contribution in [0.1, 0.15) is 36.5 Å². The first-order valence-corrected chi connectivity index (χ1v) is 13.8. The molecule has 13 heteroatoms. The zero-order chi connectivity index (χ0) is 27.5. The molecule has 5 rings (SSSR count). The van der Waals surface area contributed by atoms with Crippen molar-refractivity contribution >= 4 is 44.6 Å². The predicted octanol–water partition coefficient (Wildman–Crippen LogP) is 5.67. The normalized spacial score (nSPS) is 14.5. The molecule has 1 aromatic carbocycles. The van der Waals surface area contributed by atoms with E-state index < -0.39 is 12.5 Å². The number of nitrogens with one attached hydrogen (secondary N) is 1. The lowest BCUT2D eigenvalue weighted by atomic mass is 10.0. The number of aromatic nitrogens is 4. The molecule has 0 unspecified atom stereocenters. The van der Waals surface area contributed by atoms with Gasteiger partial charge in [0.2, 0.25) is 0 Å². The van der Waals surface area contributed by atoms with Gasteiger partial charge in [-0.05, 0) is 57.1 Å². The van der Waals surface area contributed by atoms with E-state index in [-0.39, 0.29) is 16.9 Å². The van der Waals surface area contributed by atoms with Crippen LogP contribution in [0.2, 0.25) is 5.02 Å². The zero-order valence-corrected chi connectivity index (χ0v) is 23.1. The van der Waals surface area contributed by atoms with Crippen LogP contribution in [0.15, 0.2) is 42.9 Å². The Balaban J connectivity index is 1.49. The Morgan fingerprint density at radius 2 is 2.13 bits per heavy atom. The largest absolute Gasteiger partial charge is 0.434 e. The van der Waals surface area contributed by atoms with Crippen molar-refractivity contribution in [2.75, 3.05) is 36.9 Å². The quantitative estimate of drug-likeness (QED) is 0.275. The number of thiazole rings is 1. The number of amides is 1. The van der Waals surface area contributed by atoms with Gasteiger partial charge in [-0.2, -0.15) is 13.9 Å². The van der Waals surface area contributed by atoms with Crippen LogP contribution < -0.4 is 15.0 Å². The Morgan fingerprint density at radius 3 is 2.87 bits per heavy atom. The average Bonchev–Trinajstić information content (AvgIpc) is 3.54. The van der Waals surface area contributed by atoms with Crippen molar-refractivity contribution < 1.29 is 18.3 Å². The summed E-state index contributed by atoms with van der Waals surface area (Å²) >= 11 is 7.53. The molecule has 1 fully saturated rings. The standard InChI is InChI=1S/C26H28ClF2N7O2S/c1-3-10-34(2)17-7-12-35(13-8-17)26-32-21(18-14-16(27)5-6-20(18)38-25(28)29)24(39-26)33-23(37)19-15-31-36-11-4-9-30-22(19)36/h4-6,9,11,14-15,17,25H,3,7-8,10,12-13H2,1-2H3,(H,33,37). The molecule has 0 bridgehead atoms. The molecule has 3 aromatic heterocycles. The Hall–Kier alpha value is -3.35. The van der Waals surface area contributed by atoms with E-state index >= 15 is 0 Å². The molecule has 1 N–H and O–H groups in total. The molecule has 9 nitrogen and oxygen atoms in total. The number of fused-ring (bicyclic) bond motifs is 1. The first kappa shape index (κ1) is 27.2. The molecular weight excluding hydrogens is 548 g/mol. The van der Waals surface area contributed by atoms with Crippen molar-refractivity contribution in [1.82, 2.24) is 24.5 Å². The highest BCUT2D eigenvalue weighted by molar-refractivity contribution is 7.20. The lowest BCUT2D eigenvalue weighted by Gasteiger charge is -2.36. The van der Waals surface area contributed by atoms with Crippen LogP contribution in [0, 0.1) is 0 Å². The fourth-order valence-electron chi connectivity index (χ4n) is 4.79. The third-order valence-electron chi connectivity index (χ3n) is 6.71. The molecule has 4 heterocycles. The zero-order valence-electron chi connectivity index (χ0n) is 21.5. The number of hydrogen-bond acceptors (Lipinski definition) is 8. The minimum atomic E-state index is -3.04. The number of ether oxygens (including phenoxy) is 1. The predicted molar refractivity (Wildman–Crippen MR) is 148 cm³/mol. The maximum absolute atomic E-state index is 13.3. The summed E-state index contributed by atoms with van der Waals surface area (Å²) in [6, 6.07) is 6.55. The van der Waals surface area contributed by atoms with Gasteiger partial charge in [-0.25, -0.2) is 14.5 Å². The molecule has 206 valence electrons. The van der Waals surface area contributed by atoms with Gasteiger partial charge in [-0.3, -0.25) is 4.79 Å². The molecule has 0 radical (unpaired) electrons. The van der Waals surface area contributed by atoms with Crippen LogP contribution in [0.4, 0.5) is 18.9 Å². The fourth-order valence-corrected chi connectivity index (χ4v) is 5.99. The molecule has 1 aliphatic rings. The summed E-state index contributed by atoms with van der Waals surface area (Å²) in [7, 11) is 2.15. The summed E-state index contributed by atoms with van der Waals surface area (Å²) in [4.78, 5) is 27.0. The number of nitrogens with zero attached hydrogens (tertiary/aromatic N) is 6. The highest BCUT2D eigenvalue weighted by atomic mass is 35.5. The van der Waals surface area contributed by atoms with E-state index in [0.717, 1.165) is 38.9 Å². The Morgan fingerprint density at radius 1 is 1.33 bits per heavy atom. The number of piperidine rings is 1. The molecule has 1 saturated heterocycles. The highest BCUT2D eigenvalue weighted by Crippen LogP contribution is 2.43. The second-order valence-electron chi connectivity index (χ2n) is 9.29. The van der Waals surface area contributed by atoms with Gasteiger partial charge < -0.3 is 19.9 Å². The first-order valence-electron chi connectivity index (χ1n) is 12.6. The Labute approximate surface area is 233 Å². The van der Waals surface area contributed by atoms with E-state index in [1.165, 1.54) is 40.2 Å². The van der Waals surface area contributed by atoms with Gasteiger partial charge in [0.05, 0.1) is 6.20 Å². The van der Waals surface area contributed by atoms with Gasteiger partial charge in [-0.15, -0.1) is 0 Å². The van der Waals surface area contributed by atoms with Crippen molar-refractivity contribution in [2.24, 2.45) is 0 Å². The van der Waals surface area contributed by atoms with Crippen LogP contribution >= 0.6 is 22.9 Å². The monoisotopic (exact) mass is 575 g/mol. The van der Waals surface area contributed by atoms with Crippen LogP contribution in [0.3, 0.4) is 0 Å². The molecular formula is C26H28ClF2N7O2S. The summed E-state index contributed by atoms with van der Waals surface area (Å²) in [5.41, 5.74) is 1.22. The number of alkyl halides is 2. The lowest BCUT2D eigenvalue weighted by molar-refractivity contribution is -0.0494. The third-order valence-corrected chi connectivity index (χ3v) is 7.98. The lowest BCUT2D eigenvalue weighted by Crippen LogP contribution is -2.43. The minimum absolute atomic E-state index is 0.0840. The maximum Gasteiger partial charge on any atom is 0.387 e. The number of benzene rings is 1. The summed E-state index contributed by atoms with van der Waals surface area (Å²) in [5.74, 6) is -0.530. The molecule has 39 heavy (non-hydrogen) atoms. The van der Waals surface area contributed by atoms with E-state index in [9.17, 15) is 13.6 Å². The third kappa shape index (κ3) is 5.97. The SMILES string of the molecule is CCCN(C)C1CCN(c2nc(-c3cc(Cl)ccc3OC(F)F)c(NC(=O)c3cnn4cccnc34)s2)CC1. The van der Waals surface area contributed by atoms with E-state index in [1.54, 1.807) is 18.5 Å². The van der Waals surface area contributed by atoms with Crippen molar-refractivity contribution in [3.8, 4) is 17.0 Å². The second kappa shape index (κ2) is 11.8. The van der Waals surface area contributed by atoms with Gasteiger partial charge in [0, 0.05) is 42.1 Å². The van der Waals surface area contributed by atoms with Crippen LogP contribution in [-0.2, 0) is 0 Å². The molecule has 0 saturated carbocycles. The van der Waals surface area contributed by atoms with Crippen molar-refractivity contribution in [3.63, 3.8) is 0 Å². The van der Waals surface area contributed by atoms with Gasteiger partial charge in [0.15, 0.2) is 10.8 Å². The molecule has 0 aliphatic carbocycles. The Bertz CT molecular complexity index is 1460. The van der Waals surface area contributed by atoms with Gasteiger partial charge in [0.25, 0.3) is 5.91 Å². The second-order valence-corrected chi connectivity index (χ2v) is 10.7. The summed E-state index contributed by atoms with van der Waals surface area (Å²) in [5, 5.41) is 8.48. The van der Waals surface area contributed by atoms with E-state index in [2.05, 4.69) is 39.2 Å². The average molecular weight is 576 g/mol. The molecule has 0 atom stereocenters. The Kier molecular flexibility index (Phi) is 8.24. The number of anilines is 2. The summed E-state index contributed by atoms with van der Waals surface area (Å²) in [6.07, 6.45) is 7.74.